The fraction of sp³-hybridized carbons (Fsp3) is 0.105. The van der Waals surface area contributed by atoms with Crippen molar-refractivity contribution in [2.45, 2.75) is 13.3 Å². The lowest BCUT2D eigenvalue weighted by molar-refractivity contribution is -0.115. The predicted molar refractivity (Wildman–Crippen MR) is 99.0 cm³/mol. The van der Waals surface area contributed by atoms with Crippen LogP contribution < -0.4 is 16.4 Å². The van der Waals surface area contributed by atoms with E-state index in [-0.39, 0.29) is 17.5 Å². The molecular weight excluding hydrogens is 370 g/mol. The number of rotatable bonds is 6. The van der Waals surface area contributed by atoms with Gasteiger partial charge in [0.05, 0.1) is 0 Å². The largest absolute Gasteiger partial charge is 0.419 e. The van der Waals surface area contributed by atoms with Gasteiger partial charge in [-0.25, -0.2) is 13.8 Å². The van der Waals surface area contributed by atoms with Crippen LogP contribution in [0.3, 0.4) is 0 Å². The fourth-order valence-corrected chi connectivity index (χ4v) is 2.40. The lowest BCUT2D eigenvalue weighted by Crippen LogP contribution is -2.13. The lowest BCUT2D eigenvalue weighted by atomic mass is 10.2. The number of nitrogens with one attached hydrogen (secondary N) is 2. The number of carbonyl (C=O) groups excluding carboxylic acids is 2. The Balaban J connectivity index is 1.91. The van der Waals surface area contributed by atoms with Crippen molar-refractivity contribution in [2.24, 2.45) is 5.73 Å². The molecule has 1 aromatic heterocycles. The lowest BCUT2D eigenvalue weighted by Gasteiger charge is -2.07. The van der Waals surface area contributed by atoms with Crippen molar-refractivity contribution in [1.29, 1.82) is 0 Å². The van der Waals surface area contributed by atoms with Crippen LogP contribution in [0.2, 0.25) is 0 Å². The highest BCUT2D eigenvalue weighted by atomic mass is 19.1. The molecule has 3 rings (SSSR count). The summed E-state index contributed by atoms with van der Waals surface area (Å²) < 4.78 is 33.3. The normalized spacial score (nSPS) is 10.5. The molecule has 144 valence electrons. The number of nitrogens with two attached hydrogens (primary N) is 1. The van der Waals surface area contributed by atoms with Gasteiger partial charge < -0.3 is 20.8 Å². The number of anilines is 3. The maximum absolute atomic E-state index is 14.0. The Morgan fingerprint density at radius 3 is 2.25 bits per heavy atom. The molecule has 0 unspecified atom stereocenters. The number of aromatic nitrogens is 1. The van der Waals surface area contributed by atoms with E-state index in [1.807, 2.05) is 0 Å². The van der Waals surface area contributed by atoms with Crippen LogP contribution in [0.15, 0.2) is 46.9 Å². The first-order chi connectivity index (χ1) is 13.4. The van der Waals surface area contributed by atoms with Crippen LogP contribution in [0, 0.1) is 11.6 Å². The molecule has 7 nitrogen and oxygen atoms in total. The molecule has 2 aromatic carbocycles. The summed E-state index contributed by atoms with van der Waals surface area (Å²) in [5, 5.41) is 5.48. The van der Waals surface area contributed by atoms with Crippen molar-refractivity contribution in [3.05, 3.63) is 59.8 Å². The van der Waals surface area contributed by atoms with Crippen LogP contribution >= 0.6 is 0 Å². The summed E-state index contributed by atoms with van der Waals surface area (Å²) in [6.45, 7) is 1.73. The van der Waals surface area contributed by atoms with E-state index in [9.17, 15) is 18.4 Å². The first-order valence-electron chi connectivity index (χ1n) is 8.31. The zero-order valence-electron chi connectivity index (χ0n) is 14.8. The van der Waals surface area contributed by atoms with Crippen molar-refractivity contribution >= 4 is 29.1 Å². The highest BCUT2D eigenvalue weighted by molar-refractivity contribution is 5.96. The Bertz CT molecular complexity index is 1010. The number of oxazole rings is 1. The minimum Gasteiger partial charge on any atom is -0.419 e. The summed E-state index contributed by atoms with van der Waals surface area (Å²) in [6.07, 6.45) is 0.343. The average Bonchev–Trinajstić information content (AvgIpc) is 3.06. The standard InChI is InChI=1S/C19H16F2N4O3/c1-2-14(26)23-10-6-8-11(9-7-10)24-19-16(17(22)27)25-18(28-19)15-12(20)4-3-5-13(15)21/h3-9,24H,2H2,1H3,(H2,22,27)(H,23,26). The van der Waals surface area contributed by atoms with E-state index in [1.54, 1.807) is 31.2 Å². The molecule has 0 aliphatic rings. The van der Waals surface area contributed by atoms with Crippen LogP contribution in [0.25, 0.3) is 11.5 Å². The first kappa shape index (κ1) is 19.0. The maximum atomic E-state index is 14.0. The van der Waals surface area contributed by atoms with Crippen molar-refractivity contribution in [3.63, 3.8) is 0 Å². The Morgan fingerprint density at radius 1 is 1.07 bits per heavy atom. The van der Waals surface area contributed by atoms with Gasteiger partial charge in [0.1, 0.15) is 17.2 Å². The number of hydrogen-bond donors (Lipinski definition) is 3. The molecule has 9 heteroatoms. The number of nitrogens with zero attached hydrogens (tertiary/aromatic N) is 1. The fourth-order valence-electron chi connectivity index (χ4n) is 2.40. The van der Waals surface area contributed by atoms with Crippen LogP contribution in [0.5, 0.6) is 0 Å². The summed E-state index contributed by atoms with van der Waals surface area (Å²) in [6, 6.07) is 9.78. The number of hydrogen-bond acceptors (Lipinski definition) is 5. The van der Waals surface area contributed by atoms with Gasteiger partial charge in [0.15, 0.2) is 5.69 Å². The summed E-state index contributed by atoms with van der Waals surface area (Å²) in [7, 11) is 0. The number of halogens is 2. The van der Waals surface area contributed by atoms with Gasteiger partial charge in [-0.05, 0) is 36.4 Å². The van der Waals surface area contributed by atoms with Gasteiger partial charge in [0, 0.05) is 17.8 Å². The van der Waals surface area contributed by atoms with Crippen LogP contribution in [-0.4, -0.2) is 16.8 Å². The van der Waals surface area contributed by atoms with Gasteiger partial charge in [-0.2, -0.15) is 0 Å². The topological polar surface area (TPSA) is 110 Å². The van der Waals surface area contributed by atoms with Crippen molar-refractivity contribution < 1.29 is 22.8 Å². The molecular formula is C19H16F2N4O3. The summed E-state index contributed by atoms with van der Waals surface area (Å²) in [5.74, 6) is -3.42. The maximum Gasteiger partial charge on any atom is 0.273 e. The summed E-state index contributed by atoms with van der Waals surface area (Å²) in [4.78, 5) is 26.9. The Labute approximate surface area is 158 Å². The van der Waals surface area contributed by atoms with E-state index in [0.29, 0.717) is 17.8 Å². The number of primary amides is 1. The molecule has 0 fully saturated rings. The van der Waals surface area contributed by atoms with Gasteiger partial charge in [-0.3, -0.25) is 9.59 Å². The van der Waals surface area contributed by atoms with Gasteiger partial charge in [-0.15, -0.1) is 0 Å². The van der Waals surface area contributed by atoms with Crippen molar-refractivity contribution in [3.8, 4) is 11.5 Å². The van der Waals surface area contributed by atoms with E-state index in [0.717, 1.165) is 12.1 Å². The minimum absolute atomic E-state index is 0.136. The highest BCUT2D eigenvalue weighted by Crippen LogP contribution is 2.31. The first-order valence-corrected chi connectivity index (χ1v) is 8.31. The molecule has 1 heterocycles. The third kappa shape index (κ3) is 3.98. The Hall–Kier alpha value is -3.75. The Kier molecular flexibility index (Phi) is 5.35. The second kappa shape index (κ2) is 7.87. The van der Waals surface area contributed by atoms with Gasteiger partial charge in [0.2, 0.25) is 17.7 Å². The molecule has 0 radical (unpaired) electrons. The smallest absolute Gasteiger partial charge is 0.273 e. The highest BCUT2D eigenvalue weighted by Gasteiger charge is 2.23. The van der Waals surface area contributed by atoms with E-state index in [4.69, 9.17) is 10.2 Å². The molecule has 0 atom stereocenters. The van der Waals surface area contributed by atoms with E-state index in [1.165, 1.54) is 6.07 Å². The minimum atomic E-state index is -0.930. The van der Waals surface area contributed by atoms with Crippen molar-refractivity contribution in [2.75, 3.05) is 10.6 Å². The molecule has 0 spiro atoms. The summed E-state index contributed by atoms with van der Waals surface area (Å²) >= 11 is 0. The molecule has 4 N–H and O–H groups in total. The molecule has 0 aliphatic heterocycles. The molecule has 0 saturated heterocycles. The third-order valence-electron chi connectivity index (χ3n) is 3.78. The third-order valence-corrected chi connectivity index (χ3v) is 3.78. The SMILES string of the molecule is CCC(=O)Nc1ccc(Nc2oc(-c3c(F)cccc3F)nc2C(N)=O)cc1. The predicted octanol–water partition coefficient (Wildman–Crippen LogP) is 3.81. The van der Waals surface area contributed by atoms with Crippen LogP contribution in [0.4, 0.5) is 26.0 Å². The second-order valence-electron chi connectivity index (χ2n) is 5.76. The zero-order valence-corrected chi connectivity index (χ0v) is 14.8. The quantitative estimate of drug-likeness (QED) is 0.597. The Morgan fingerprint density at radius 2 is 1.68 bits per heavy atom. The molecule has 0 saturated carbocycles. The monoisotopic (exact) mass is 386 g/mol. The number of benzene rings is 2. The van der Waals surface area contributed by atoms with Gasteiger partial charge in [0.25, 0.3) is 5.91 Å². The van der Waals surface area contributed by atoms with Gasteiger partial charge in [-0.1, -0.05) is 13.0 Å². The number of carbonyl (C=O) groups is 2. The molecule has 28 heavy (non-hydrogen) atoms. The zero-order chi connectivity index (χ0) is 20.3. The van der Waals surface area contributed by atoms with Crippen molar-refractivity contribution in [1.82, 2.24) is 4.98 Å². The van der Waals surface area contributed by atoms with Gasteiger partial charge >= 0.3 is 0 Å². The molecule has 3 aromatic rings. The number of amides is 2. The molecule has 0 bridgehead atoms. The van der Waals surface area contributed by atoms with Crippen LogP contribution in [-0.2, 0) is 4.79 Å². The summed E-state index contributed by atoms with van der Waals surface area (Å²) in [5.41, 5.74) is 5.55. The van der Waals surface area contributed by atoms with E-state index >= 15 is 0 Å². The van der Waals surface area contributed by atoms with Crippen LogP contribution in [0.1, 0.15) is 23.8 Å². The average molecular weight is 386 g/mol. The van der Waals surface area contributed by atoms with E-state index in [2.05, 4.69) is 15.6 Å². The molecule has 2 amide bonds. The molecule has 0 aliphatic carbocycles. The second-order valence-corrected chi connectivity index (χ2v) is 5.76. The van der Waals surface area contributed by atoms with E-state index < -0.39 is 29.0 Å².